The van der Waals surface area contributed by atoms with Gasteiger partial charge in [-0.1, -0.05) is 6.07 Å². The van der Waals surface area contributed by atoms with Crippen LogP contribution in [-0.4, -0.2) is 9.97 Å². The number of nitrogen functional groups attached to an aromatic ring is 1. The zero-order chi connectivity index (χ0) is 12.7. The fourth-order valence-corrected chi connectivity index (χ4v) is 2.07. The first-order valence-corrected chi connectivity index (χ1v) is 5.72. The minimum Gasteiger partial charge on any atom is -0.436 e. The molecule has 0 radical (unpaired) electrons. The Kier molecular flexibility index (Phi) is 2.30. The highest BCUT2D eigenvalue weighted by atomic mass is 16.3. The largest absolute Gasteiger partial charge is 0.436 e. The van der Waals surface area contributed by atoms with Gasteiger partial charge < -0.3 is 10.2 Å². The molecule has 0 aliphatic rings. The molecule has 0 amide bonds. The Morgan fingerprint density at radius 2 is 1.94 bits per heavy atom. The molecule has 4 heteroatoms. The lowest BCUT2D eigenvalue weighted by molar-refractivity contribution is 0.617. The van der Waals surface area contributed by atoms with E-state index >= 15 is 0 Å². The van der Waals surface area contributed by atoms with Gasteiger partial charge in [0, 0.05) is 12.4 Å². The molecule has 2 heterocycles. The van der Waals surface area contributed by atoms with Crippen molar-refractivity contribution in [3.63, 3.8) is 0 Å². The third-order valence-electron chi connectivity index (χ3n) is 2.83. The first-order chi connectivity index (χ1) is 8.63. The van der Waals surface area contributed by atoms with Gasteiger partial charge in [-0.2, -0.15) is 0 Å². The van der Waals surface area contributed by atoms with Crippen molar-refractivity contribution in [1.29, 1.82) is 0 Å². The standard InChI is InChI=1S/C14H13N3O/c1-8-3-9(2)13-12(4-8)17-14(18-13)10-5-11(15)7-16-6-10/h3-7H,15H2,1-2H3. The predicted octanol–water partition coefficient (Wildman–Crippen LogP) is 3.09. The lowest BCUT2D eigenvalue weighted by Crippen LogP contribution is -1.87. The molecular formula is C14H13N3O. The van der Waals surface area contributed by atoms with Gasteiger partial charge in [0.1, 0.15) is 5.52 Å². The Labute approximate surface area is 104 Å². The van der Waals surface area contributed by atoms with E-state index in [2.05, 4.69) is 16.0 Å². The number of hydrogen-bond acceptors (Lipinski definition) is 4. The number of fused-ring (bicyclic) bond motifs is 1. The number of aromatic nitrogens is 2. The van der Waals surface area contributed by atoms with Gasteiger partial charge in [0.25, 0.3) is 0 Å². The molecule has 0 atom stereocenters. The molecule has 0 unspecified atom stereocenters. The smallest absolute Gasteiger partial charge is 0.228 e. The molecule has 3 aromatic rings. The van der Waals surface area contributed by atoms with Crippen molar-refractivity contribution < 1.29 is 4.42 Å². The quantitative estimate of drug-likeness (QED) is 0.708. The van der Waals surface area contributed by atoms with Crippen molar-refractivity contribution in [2.24, 2.45) is 0 Å². The average Bonchev–Trinajstić information content (AvgIpc) is 2.73. The van der Waals surface area contributed by atoms with Crippen LogP contribution in [0.15, 0.2) is 35.0 Å². The van der Waals surface area contributed by atoms with Crippen LogP contribution in [0.3, 0.4) is 0 Å². The predicted molar refractivity (Wildman–Crippen MR) is 71.1 cm³/mol. The fourth-order valence-electron chi connectivity index (χ4n) is 2.07. The van der Waals surface area contributed by atoms with Crippen molar-refractivity contribution in [1.82, 2.24) is 9.97 Å². The molecular weight excluding hydrogens is 226 g/mol. The summed E-state index contributed by atoms with van der Waals surface area (Å²) in [6.45, 7) is 4.06. The fraction of sp³-hybridized carbons (Fsp3) is 0.143. The Morgan fingerprint density at radius 3 is 2.72 bits per heavy atom. The molecule has 0 fully saturated rings. The maximum atomic E-state index is 5.79. The summed E-state index contributed by atoms with van der Waals surface area (Å²) in [5, 5.41) is 0. The molecule has 3 rings (SSSR count). The van der Waals surface area contributed by atoms with Crippen LogP contribution in [-0.2, 0) is 0 Å². The van der Waals surface area contributed by atoms with E-state index in [-0.39, 0.29) is 0 Å². The summed E-state index contributed by atoms with van der Waals surface area (Å²) < 4.78 is 5.79. The van der Waals surface area contributed by atoms with Gasteiger partial charge >= 0.3 is 0 Å². The number of rotatable bonds is 1. The maximum absolute atomic E-state index is 5.79. The first-order valence-electron chi connectivity index (χ1n) is 5.72. The van der Waals surface area contributed by atoms with E-state index in [1.54, 1.807) is 18.5 Å². The van der Waals surface area contributed by atoms with Crippen molar-refractivity contribution in [3.8, 4) is 11.5 Å². The number of benzene rings is 1. The molecule has 0 aliphatic carbocycles. The number of pyridine rings is 1. The highest BCUT2D eigenvalue weighted by molar-refractivity contribution is 5.80. The number of nitrogens with zero attached hydrogens (tertiary/aromatic N) is 2. The lowest BCUT2D eigenvalue weighted by Gasteiger charge is -1.96. The van der Waals surface area contributed by atoms with Crippen LogP contribution >= 0.6 is 0 Å². The van der Waals surface area contributed by atoms with E-state index in [1.165, 1.54) is 5.56 Å². The summed E-state index contributed by atoms with van der Waals surface area (Å²) in [6, 6.07) is 5.89. The minimum absolute atomic E-state index is 0.554. The highest BCUT2D eigenvalue weighted by Crippen LogP contribution is 2.27. The second kappa shape index (κ2) is 3.84. The van der Waals surface area contributed by atoms with Crippen LogP contribution in [0.25, 0.3) is 22.6 Å². The van der Waals surface area contributed by atoms with Crippen LogP contribution in [0.1, 0.15) is 11.1 Å². The Hall–Kier alpha value is -2.36. The third-order valence-corrected chi connectivity index (χ3v) is 2.83. The summed E-state index contributed by atoms with van der Waals surface area (Å²) >= 11 is 0. The summed E-state index contributed by atoms with van der Waals surface area (Å²) in [5.74, 6) is 0.554. The number of oxazole rings is 1. The van der Waals surface area contributed by atoms with E-state index in [9.17, 15) is 0 Å². The summed E-state index contributed by atoms with van der Waals surface area (Å²) in [6.07, 6.45) is 3.30. The number of hydrogen-bond donors (Lipinski definition) is 1. The Balaban J connectivity index is 2.22. The molecule has 4 nitrogen and oxygen atoms in total. The zero-order valence-corrected chi connectivity index (χ0v) is 10.3. The van der Waals surface area contributed by atoms with E-state index in [1.807, 2.05) is 19.9 Å². The molecule has 1 aromatic carbocycles. The maximum Gasteiger partial charge on any atom is 0.228 e. The van der Waals surface area contributed by atoms with Crippen LogP contribution in [0, 0.1) is 13.8 Å². The molecule has 0 spiro atoms. The van der Waals surface area contributed by atoms with Crippen LogP contribution in [0.2, 0.25) is 0 Å². The summed E-state index contributed by atoms with van der Waals surface area (Å²) in [5.41, 5.74) is 11.0. The molecule has 18 heavy (non-hydrogen) atoms. The SMILES string of the molecule is Cc1cc(C)c2oc(-c3cncc(N)c3)nc2c1. The molecule has 0 bridgehead atoms. The number of nitrogens with two attached hydrogens (primary N) is 1. The minimum atomic E-state index is 0.554. The zero-order valence-electron chi connectivity index (χ0n) is 10.3. The number of aryl methyl sites for hydroxylation is 2. The van der Waals surface area contributed by atoms with Crippen molar-refractivity contribution in [2.45, 2.75) is 13.8 Å². The number of anilines is 1. The van der Waals surface area contributed by atoms with Crippen LogP contribution in [0.5, 0.6) is 0 Å². The first kappa shape index (κ1) is 10.8. The second-order valence-electron chi connectivity index (χ2n) is 4.46. The monoisotopic (exact) mass is 239 g/mol. The van der Waals surface area contributed by atoms with E-state index in [0.717, 1.165) is 22.2 Å². The Morgan fingerprint density at radius 1 is 1.11 bits per heavy atom. The molecule has 2 N–H and O–H groups in total. The molecule has 0 saturated heterocycles. The Bertz CT molecular complexity index is 731. The normalized spacial score (nSPS) is 11.0. The third kappa shape index (κ3) is 1.72. The second-order valence-corrected chi connectivity index (χ2v) is 4.46. The average molecular weight is 239 g/mol. The van der Waals surface area contributed by atoms with E-state index < -0.39 is 0 Å². The van der Waals surface area contributed by atoms with Gasteiger partial charge in [-0.05, 0) is 37.1 Å². The molecule has 2 aromatic heterocycles. The van der Waals surface area contributed by atoms with Crippen molar-refractivity contribution in [3.05, 3.63) is 41.7 Å². The van der Waals surface area contributed by atoms with Crippen molar-refractivity contribution >= 4 is 16.8 Å². The molecule has 0 saturated carbocycles. The van der Waals surface area contributed by atoms with Gasteiger partial charge in [-0.3, -0.25) is 4.98 Å². The van der Waals surface area contributed by atoms with Gasteiger partial charge in [0.2, 0.25) is 5.89 Å². The summed E-state index contributed by atoms with van der Waals surface area (Å²) in [7, 11) is 0. The van der Waals surface area contributed by atoms with E-state index in [4.69, 9.17) is 10.2 Å². The van der Waals surface area contributed by atoms with Gasteiger partial charge in [-0.25, -0.2) is 4.98 Å². The molecule has 90 valence electrons. The van der Waals surface area contributed by atoms with Crippen LogP contribution < -0.4 is 5.73 Å². The lowest BCUT2D eigenvalue weighted by atomic mass is 10.1. The summed E-state index contributed by atoms with van der Waals surface area (Å²) in [4.78, 5) is 8.53. The van der Waals surface area contributed by atoms with Gasteiger partial charge in [0.05, 0.1) is 11.3 Å². The van der Waals surface area contributed by atoms with Crippen LogP contribution in [0.4, 0.5) is 5.69 Å². The van der Waals surface area contributed by atoms with Crippen molar-refractivity contribution in [2.75, 3.05) is 5.73 Å². The topological polar surface area (TPSA) is 64.9 Å². The van der Waals surface area contributed by atoms with E-state index in [0.29, 0.717) is 11.6 Å². The van der Waals surface area contributed by atoms with Gasteiger partial charge in [0.15, 0.2) is 5.58 Å². The van der Waals surface area contributed by atoms with Gasteiger partial charge in [-0.15, -0.1) is 0 Å². The molecule has 0 aliphatic heterocycles. The highest BCUT2D eigenvalue weighted by Gasteiger charge is 2.11.